The number of aliphatic hydroxyl groups excluding tert-OH is 1. The van der Waals surface area contributed by atoms with Gasteiger partial charge in [-0.1, -0.05) is 0 Å². The molecule has 0 amide bonds. The van der Waals surface area contributed by atoms with Crippen LogP contribution in [0.25, 0.3) is 0 Å². The Morgan fingerprint density at radius 3 is 2.54 bits per heavy atom. The molecule has 0 aromatic heterocycles. The Kier molecular flexibility index (Phi) is 3.27. The van der Waals surface area contributed by atoms with Crippen LogP contribution >= 0.6 is 0 Å². The van der Waals surface area contributed by atoms with Gasteiger partial charge in [0.2, 0.25) is 0 Å². The first-order valence-corrected chi connectivity index (χ1v) is 7.27. The molecule has 0 heterocycles. The van der Waals surface area contributed by atoms with Crippen LogP contribution in [0.5, 0.6) is 0 Å². The Morgan fingerprint density at radius 1 is 1.15 bits per heavy atom. The molecular weight excluding hydrogens is 276 g/mol. The number of aliphatic hydroxyl groups is 1. The van der Waals surface area contributed by atoms with Gasteiger partial charge in [0.05, 0.1) is 0 Å². The van der Waals surface area contributed by atoms with E-state index in [1.165, 1.54) is 16.5 Å². The Labute approximate surface area is 89.2 Å². The summed E-state index contributed by atoms with van der Waals surface area (Å²) in [6, 6.07) is 10.7. The van der Waals surface area contributed by atoms with Gasteiger partial charge in [-0.2, -0.15) is 0 Å². The van der Waals surface area contributed by atoms with Gasteiger partial charge >= 0.3 is 89.3 Å². The van der Waals surface area contributed by atoms with Gasteiger partial charge in [-0.3, -0.25) is 0 Å². The molecular formula is C11H14OTe. The molecule has 0 saturated heterocycles. The number of hydrogen-bond donors (Lipinski definition) is 1. The maximum atomic E-state index is 9.68. The number of benzene rings is 1. The van der Waals surface area contributed by atoms with E-state index in [2.05, 4.69) is 30.3 Å². The van der Waals surface area contributed by atoms with Gasteiger partial charge in [-0.05, 0) is 0 Å². The summed E-state index contributed by atoms with van der Waals surface area (Å²) in [5.41, 5.74) is 0. The SMILES string of the molecule is OC1CCCC1[Te]c1ccccc1. The summed E-state index contributed by atoms with van der Waals surface area (Å²) in [6.45, 7) is 0. The quantitative estimate of drug-likeness (QED) is 0.815. The summed E-state index contributed by atoms with van der Waals surface area (Å²) in [5, 5.41) is 9.68. The molecule has 2 heteroatoms. The second kappa shape index (κ2) is 4.46. The summed E-state index contributed by atoms with van der Waals surface area (Å²) in [5.74, 6) is 0. The van der Waals surface area contributed by atoms with E-state index in [1.54, 1.807) is 0 Å². The van der Waals surface area contributed by atoms with E-state index in [4.69, 9.17) is 0 Å². The zero-order valence-electron chi connectivity index (χ0n) is 7.52. The van der Waals surface area contributed by atoms with Gasteiger partial charge in [0, 0.05) is 0 Å². The molecule has 0 radical (unpaired) electrons. The van der Waals surface area contributed by atoms with Crippen LogP contribution in [0.3, 0.4) is 0 Å². The second-order valence-corrected chi connectivity index (χ2v) is 7.21. The third-order valence-electron chi connectivity index (χ3n) is 2.45. The van der Waals surface area contributed by atoms with E-state index in [1.807, 2.05) is 0 Å². The van der Waals surface area contributed by atoms with Gasteiger partial charge in [-0.25, -0.2) is 0 Å². The Bertz CT molecular complexity index is 260. The molecule has 0 spiro atoms. The summed E-state index contributed by atoms with van der Waals surface area (Å²) < 4.78 is 2.12. The third kappa shape index (κ3) is 2.46. The van der Waals surface area contributed by atoms with Crippen molar-refractivity contribution in [2.24, 2.45) is 0 Å². The monoisotopic (exact) mass is 292 g/mol. The molecule has 1 saturated carbocycles. The fraction of sp³-hybridized carbons (Fsp3) is 0.455. The van der Waals surface area contributed by atoms with Crippen molar-refractivity contribution in [3.8, 4) is 0 Å². The van der Waals surface area contributed by atoms with Gasteiger partial charge in [0.15, 0.2) is 0 Å². The average Bonchev–Trinajstić information content (AvgIpc) is 2.54. The first kappa shape index (κ1) is 9.52. The van der Waals surface area contributed by atoms with Crippen molar-refractivity contribution in [2.75, 3.05) is 0 Å². The number of hydrogen-bond acceptors (Lipinski definition) is 1. The molecule has 70 valence electrons. The van der Waals surface area contributed by atoms with Crippen LogP contribution in [-0.2, 0) is 0 Å². The standard InChI is InChI=1S/C11H14OTe/c12-10-7-4-8-11(10)13-9-5-2-1-3-6-9/h1-3,5-6,10-12H,4,7-8H2. The fourth-order valence-corrected chi connectivity index (χ4v) is 5.26. The molecule has 13 heavy (non-hydrogen) atoms. The van der Waals surface area contributed by atoms with Gasteiger partial charge in [0.1, 0.15) is 0 Å². The number of rotatable bonds is 2. The molecule has 2 unspecified atom stereocenters. The van der Waals surface area contributed by atoms with E-state index >= 15 is 0 Å². The average molecular weight is 290 g/mol. The minimum absolute atomic E-state index is 0.00241. The molecule has 0 bridgehead atoms. The zero-order valence-corrected chi connectivity index (χ0v) is 9.85. The molecule has 1 aromatic rings. The van der Waals surface area contributed by atoms with Crippen molar-refractivity contribution in [1.29, 1.82) is 0 Å². The van der Waals surface area contributed by atoms with E-state index in [0.29, 0.717) is 3.97 Å². The normalized spacial score (nSPS) is 27.8. The van der Waals surface area contributed by atoms with E-state index in [-0.39, 0.29) is 27.0 Å². The van der Waals surface area contributed by atoms with Crippen LogP contribution in [0.4, 0.5) is 0 Å². The van der Waals surface area contributed by atoms with Crippen LogP contribution in [0, 0.1) is 0 Å². The van der Waals surface area contributed by atoms with Gasteiger partial charge in [0.25, 0.3) is 0 Å². The van der Waals surface area contributed by atoms with Crippen molar-refractivity contribution in [1.82, 2.24) is 0 Å². The fourth-order valence-electron chi connectivity index (χ4n) is 1.72. The summed E-state index contributed by atoms with van der Waals surface area (Å²) in [6.07, 6.45) is 3.51. The molecule has 2 rings (SSSR count). The van der Waals surface area contributed by atoms with Crippen LogP contribution in [-0.4, -0.2) is 32.1 Å². The third-order valence-corrected chi connectivity index (χ3v) is 6.44. The molecule has 2 atom stereocenters. The summed E-state index contributed by atoms with van der Waals surface area (Å²) >= 11 is -0.151. The molecule has 1 aromatic carbocycles. The van der Waals surface area contributed by atoms with Crippen LogP contribution < -0.4 is 3.61 Å². The Balaban J connectivity index is 1.98. The van der Waals surface area contributed by atoms with Crippen molar-refractivity contribution < 1.29 is 5.11 Å². The van der Waals surface area contributed by atoms with Crippen molar-refractivity contribution >= 4 is 24.5 Å². The minimum atomic E-state index is -0.151. The van der Waals surface area contributed by atoms with E-state index < -0.39 is 0 Å². The van der Waals surface area contributed by atoms with Crippen LogP contribution in [0.1, 0.15) is 19.3 Å². The summed E-state index contributed by atoms with van der Waals surface area (Å²) in [7, 11) is 0. The van der Waals surface area contributed by atoms with Gasteiger partial charge < -0.3 is 0 Å². The van der Waals surface area contributed by atoms with Gasteiger partial charge in [-0.15, -0.1) is 0 Å². The zero-order chi connectivity index (χ0) is 9.10. The molecule has 0 aliphatic heterocycles. The molecule has 1 N–H and O–H groups in total. The Hall–Kier alpha value is -0.0304. The van der Waals surface area contributed by atoms with E-state index in [0.717, 1.165) is 6.42 Å². The molecule has 1 aliphatic carbocycles. The predicted molar refractivity (Wildman–Crippen MR) is 55.4 cm³/mol. The molecule has 1 fully saturated rings. The first-order valence-electron chi connectivity index (χ1n) is 4.76. The second-order valence-electron chi connectivity index (χ2n) is 3.47. The topological polar surface area (TPSA) is 20.2 Å². The van der Waals surface area contributed by atoms with Crippen LogP contribution in [0.15, 0.2) is 30.3 Å². The first-order chi connectivity index (χ1) is 6.36. The van der Waals surface area contributed by atoms with Crippen molar-refractivity contribution in [3.05, 3.63) is 30.3 Å². The summed E-state index contributed by atoms with van der Waals surface area (Å²) in [4.78, 5) is 0. The molecule has 1 nitrogen and oxygen atoms in total. The van der Waals surface area contributed by atoms with Crippen molar-refractivity contribution in [2.45, 2.75) is 29.3 Å². The molecule has 1 aliphatic rings. The van der Waals surface area contributed by atoms with Crippen LogP contribution in [0.2, 0.25) is 3.97 Å². The van der Waals surface area contributed by atoms with Crippen molar-refractivity contribution in [3.63, 3.8) is 0 Å². The van der Waals surface area contributed by atoms with E-state index in [9.17, 15) is 5.11 Å². The predicted octanol–water partition coefficient (Wildman–Crippen LogP) is 1.35. The Morgan fingerprint density at radius 2 is 1.92 bits per heavy atom. The maximum absolute atomic E-state index is 9.68.